The Bertz CT molecular complexity index is 374. The second kappa shape index (κ2) is 6.87. The summed E-state index contributed by atoms with van der Waals surface area (Å²) in [6.07, 6.45) is -3.36. The highest BCUT2D eigenvalue weighted by Crippen LogP contribution is 2.10. The number of alkyl halides is 2. The molecule has 1 unspecified atom stereocenters. The SMILES string of the molecule is COC(OC(=O)c1cc(C)ccn1)C(F)F.[N]. The molecule has 0 aromatic carbocycles. The molecule has 0 aliphatic heterocycles. The largest absolute Gasteiger partial charge is 0.425 e. The fraction of sp³-hybridized carbons (Fsp3) is 0.400. The standard InChI is InChI=1S/C10H11F2NO3.N/c1-6-3-4-13-7(5-6)9(14)16-10(15-2)8(11)12;/h3-5,8,10H,1-2H3;. The van der Waals surface area contributed by atoms with Gasteiger partial charge in [0.1, 0.15) is 5.69 Å². The highest BCUT2D eigenvalue weighted by Gasteiger charge is 2.25. The zero-order chi connectivity index (χ0) is 12.1. The van der Waals surface area contributed by atoms with Crippen LogP contribution in [-0.4, -0.2) is 30.8 Å². The molecule has 0 amide bonds. The fourth-order valence-corrected chi connectivity index (χ4v) is 1.02. The molecular formula is C10H11F2N2O3. The molecular weight excluding hydrogens is 234 g/mol. The van der Waals surface area contributed by atoms with Crippen LogP contribution in [0.25, 0.3) is 0 Å². The third-order valence-electron chi connectivity index (χ3n) is 1.79. The average Bonchev–Trinajstić information content (AvgIpc) is 2.25. The van der Waals surface area contributed by atoms with Crippen LogP contribution in [0.5, 0.6) is 0 Å². The van der Waals surface area contributed by atoms with Crippen molar-refractivity contribution in [2.75, 3.05) is 7.11 Å². The van der Waals surface area contributed by atoms with E-state index in [4.69, 9.17) is 0 Å². The van der Waals surface area contributed by atoms with Gasteiger partial charge in [0.2, 0.25) is 0 Å². The summed E-state index contributed by atoms with van der Waals surface area (Å²) in [7, 11) is 1.04. The number of hydrogen-bond donors (Lipinski definition) is 0. The normalized spacial score (nSPS) is 11.8. The van der Waals surface area contributed by atoms with Gasteiger partial charge in [0.15, 0.2) is 0 Å². The van der Waals surface area contributed by atoms with Crippen LogP contribution in [-0.2, 0) is 9.47 Å². The lowest BCUT2D eigenvalue weighted by Gasteiger charge is -2.14. The van der Waals surface area contributed by atoms with Gasteiger partial charge in [0.05, 0.1) is 0 Å². The van der Waals surface area contributed by atoms with E-state index < -0.39 is 18.7 Å². The number of halogens is 2. The van der Waals surface area contributed by atoms with E-state index in [1.807, 2.05) is 0 Å². The molecule has 0 spiro atoms. The van der Waals surface area contributed by atoms with Crippen LogP contribution in [0.1, 0.15) is 16.1 Å². The molecule has 0 saturated carbocycles. The number of pyridine rings is 1. The highest BCUT2D eigenvalue weighted by atomic mass is 19.3. The molecule has 0 N–H and O–H groups in total. The quantitative estimate of drug-likeness (QED) is 0.591. The number of rotatable bonds is 4. The minimum absolute atomic E-state index is 0. The van der Waals surface area contributed by atoms with Crippen molar-refractivity contribution in [1.82, 2.24) is 11.1 Å². The van der Waals surface area contributed by atoms with Crippen molar-refractivity contribution >= 4 is 5.97 Å². The molecule has 0 aliphatic rings. The van der Waals surface area contributed by atoms with Crippen LogP contribution >= 0.6 is 0 Å². The van der Waals surface area contributed by atoms with Crippen molar-refractivity contribution in [3.05, 3.63) is 29.6 Å². The van der Waals surface area contributed by atoms with E-state index in [9.17, 15) is 13.6 Å². The minimum atomic E-state index is -2.89. The predicted molar refractivity (Wildman–Crippen MR) is 53.3 cm³/mol. The molecule has 1 heterocycles. The summed E-state index contributed by atoms with van der Waals surface area (Å²) in [5.74, 6) is -0.934. The fourth-order valence-electron chi connectivity index (χ4n) is 1.02. The van der Waals surface area contributed by atoms with Crippen molar-refractivity contribution in [2.24, 2.45) is 0 Å². The van der Waals surface area contributed by atoms with Crippen molar-refractivity contribution in [1.29, 1.82) is 0 Å². The van der Waals surface area contributed by atoms with Gasteiger partial charge >= 0.3 is 5.97 Å². The van der Waals surface area contributed by atoms with Crippen molar-refractivity contribution in [3.63, 3.8) is 0 Å². The van der Waals surface area contributed by atoms with Gasteiger partial charge in [0.25, 0.3) is 12.7 Å². The molecule has 0 fully saturated rings. The number of hydrogen-bond acceptors (Lipinski definition) is 4. The molecule has 3 radical (unpaired) electrons. The van der Waals surface area contributed by atoms with E-state index in [2.05, 4.69) is 14.5 Å². The second-order valence-electron chi connectivity index (χ2n) is 3.06. The first-order chi connectivity index (χ1) is 7.54. The smallest absolute Gasteiger partial charge is 0.359 e. The van der Waals surface area contributed by atoms with Gasteiger partial charge in [-0.05, 0) is 24.6 Å². The molecule has 93 valence electrons. The molecule has 5 nitrogen and oxygen atoms in total. The van der Waals surface area contributed by atoms with Crippen LogP contribution in [0.3, 0.4) is 0 Å². The summed E-state index contributed by atoms with van der Waals surface area (Å²) in [6, 6.07) is 3.12. The van der Waals surface area contributed by atoms with Gasteiger partial charge in [0, 0.05) is 19.5 Å². The molecule has 17 heavy (non-hydrogen) atoms. The van der Waals surface area contributed by atoms with E-state index in [-0.39, 0.29) is 11.8 Å². The van der Waals surface area contributed by atoms with E-state index in [1.54, 1.807) is 13.0 Å². The third kappa shape index (κ3) is 4.41. The molecule has 1 aromatic rings. The Morgan fingerprint density at radius 2 is 2.12 bits per heavy atom. The van der Waals surface area contributed by atoms with Gasteiger partial charge in [-0.25, -0.2) is 18.6 Å². The van der Waals surface area contributed by atoms with Crippen LogP contribution in [0.2, 0.25) is 0 Å². The highest BCUT2D eigenvalue weighted by molar-refractivity contribution is 5.87. The number of carbonyl (C=O) groups is 1. The van der Waals surface area contributed by atoms with E-state index in [0.29, 0.717) is 0 Å². The Morgan fingerprint density at radius 1 is 1.47 bits per heavy atom. The van der Waals surface area contributed by atoms with E-state index >= 15 is 0 Å². The van der Waals surface area contributed by atoms with Crippen molar-refractivity contribution < 1.29 is 23.0 Å². The molecule has 1 aromatic heterocycles. The lowest BCUT2D eigenvalue weighted by molar-refractivity contribution is -0.163. The van der Waals surface area contributed by atoms with Crippen molar-refractivity contribution in [3.8, 4) is 0 Å². The monoisotopic (exact) mass is 245 g/mol. The third-order valence-corrected chi connectivity index (χ3v) is 1.79. The summed E-state index contributed by atoms with van der Waals surface area (Å²) in [5.41, 5.74) is 0.760. The molecule has 1 atom stereocenters. The van der Waals surface area contributed by atoms with Crippen LogP contribution in [0, 0.1) is 6.92 Å². The summed E-state index contributed by atoms with van der Waals surface area (Å²) < 4.78 is 33.2. The van der Waals surface area contributed by atoms with Crippen LogP contribution < -0.4 is 6.15 Å². The molecule has 7 heteroatoms. The lowest BCUT2D eigenvalue weighted by Crippen LogP contribution is -2.27. The van der Waals surface area contributed by atoms with E-state index in [0.717, 1.165) is 12.7 Å². The summed E-state index contributed by atoms with van der Waals surface area (Å²) in [6.45, 7) is 1.75. The number of nitrogens with zero attached hydrogens (tertiary/aromatic N) is 2. The van der Waals surface area contributed by atoms with Gasteiger partial charge < -0.3 is 9.47 Å². The second-order valence-corrected chi connectivity index (χ2v) is 3.06. The van der Waals surface area contributed by atoms with E-state index in [1.165, 1.54) is 12.3 Å². The zero-order valence-corrected chi connectivity index (χ0v) is 9.26. The summed E-state index contributed by atoms with van der Waals surface area (Å²) in [4.78, 5) is 15.1. The molecule has 0 aliphatic carbocycles. The van der Waals surface area contributed by atoms with Gasteiger partial charge in [-0.15, -0.1) is 0 Å². The number of esters is 1. The number of aryl methyl sites for hydroxylation is 1. The number of ether oxygens (including phenoxy) is 2. The predicted octanol–water partition coefficient (Wildman–Crippen LogP) is 1.30. The maximum atomic E-state index is 12.2. The maximum Gasteiger partial charge on any atom is 0.359 e. The van der Waals surface area contributed by atoms with Gasteiger partial charge in [-0.3, -0.25) is 0 Å². The average molecular weight is 245 g/mol. The number of aromatic nitrogens is 1. The van der Waals surface area contributed by atoms with Gasteiger partial charge in [-0.1, -0.05) is 0 Å². The first kappa shape index (κ1) is 15.4. The summed E-state index contributed by atoms with van der Waals surface area (Å²) >= 11 is 0. The first-order valence-electron chi connectivity index (χ1n) is 4.49. The molecule has 0 bridgehead atoms. The maximum absolute atomic E-state index is 12.2. The van der Waals surface area contributed by atoms with Crippen LogP contribution in [0.15, 0.2) is 18.3 Å². The van der Waals surface area contributed by atoms with Crippen LogP contribution in [0.4, 0.5) is 8.78 Å². The molecule has 0 saturated heterocycles. The lowest BCUT2D eigenvalue weighted by atomic mass is 10.2. The first-order valence-corrected chi connectivity index (χ1v) is 4.49. The molecule has 1 rings (SSSR count). The Kier molecular flexibility index (Phi) is 6.22. The van der Waals surface area contributed by atoms with Crippen molar-refractivity contribution in [2.45, 2.75) is 19.6 Å². The topological polar surface area (TPSA) is 78.9 Å². The minimum Gasteiger partial charge on any atom is -0.425 e. The Morgan fingerprint density at radius 3 is 2.59 bits per heavy atom. The Balaban J connectivity index is 0.00000256. The number of carbonyl (C=O) groups excluding carboxylic acids is 1. The Labute approximate surface area is 97.3 Å². The summed E-state index contributed by atoms with van der Waals surface area (Å²) in [5, 5.41) is 0. The van der Waals surface area contributed by atoms with Gasteiger partial charge in [-0.2, -0.15) is 0 Å². The number of methoxy groups -OCH3 is 1. The zero-order valence-electron chi connectivity index (χ0n) is 9.26. The Hall–Kier alpha value is -1.60.